The summed E-state index contributed by atoms with van der Waals surface area (Å²) in [5, 5.41) is 0. The minimum absolute atomic E-state index is 0.210. The van der Waals surface area contributed by atoms with Gasteiger partial charge < -0.3 is 5.73 Å². The van der Waals surface area contributed by atoms with E-state index in [1.807, 2.05) is 0 Å². The molecule has 1 rings (SSSR count). The van der Waals surface area contributed by atoms with Crippen molar-refractivity contribution in [2.75, 3.05) is 6.26 Å². The lowest BCUT2D eigenvalue weighted by Crippen LogP contribution is -2.29. The highest BCUT2D eigenvalue weighted by Crippen LogP contribution is 2.43. The van der Waals surface area contributed by atoms with Crippen LogP contribution >= 0.6 is 0 Å². The van der Waals surface area contributed by atoms with E-state index in [4.69, 9.17) is 5.73 Å². The molecule has 1 atom stereocenters. The molecule has 0 aliphatic heterocycles. The predicted octanol–water partition coefficient (Wildman–Crippen LogP) is 1.46. The highest BCUT2D eigenvalue weighted by Gasteiger charge is 2.44. The Morgan fingerprint density at radius 2 is 1.89 bits per heavy atom. The summed E-state index contributed by atoms with van der Waals surface area (Å²) in [6.07, 6.45) is -3.56. The average Bonchev–Trinajstić information content (AvgIpc) is 2.17. The van der Waals surface area contributed by atoms with Gasteiger partial charge in [0.1, 0.15) is 0 Å². The molecule has 0 saturated carbocycles. The topological polar surface area (TPSA) is 77.2 Å². The molecule has 0 aromatic rings. The van der Waals surface area contributed by atoms with Gasteiger partial charge in [0.2, 0.25) is 5.91 Å². The van der Waals surface area contributed by atoms with E-state index in [-0.39, 0.29) is 5.57 Å². The molecular formula is C11H12F3NO3S. The van der Waals surface area contributed by atoms with Crippen LogP contribution < -0.4 is 5.73 Å². The first kappa shape index (κ1) is 15.5. The fourth-order valence-electron chi connectivity index (χ4n) is 1.80. The highest BCUT2D eigenvalue weighted by atomic mass is 32.2. The molecule has 0 heterocycles. The van der Waals surface area contributed by atoms with Gasteiger partial charge in [0.05, 0.1) is 10.5 Å². The standard InChI is InChI=1S/C11H12F3NO3S/c1-5-6(2)9(11(12,13)14)8(19(3,17)18)4-7(5)10(15)16/h4-5H,2H2,1,3H3,(H2,15,16). The van der Waals surface area contributed by atoms with E-state index in [0.29, 0.717) is 12.3 Å². The maximum atomic E-state index is 12.9. The maximum absolute atomic E-state index is 12.9. The van der Waals surface area contributed by atoms with Crippen molar-refractivity contribution in [2.24, 2.45) is 11.7 Å². The number of halogens is 3. The molecular weight excluding hydrogens is 283 g/mol. The fourth-order valence-corrected chi connectivity index (χ4v) is 2.76. The number of rotatable bonds is 2. The van der Waals surface area contributed by atoms with Crippen LogP contribution in [0.2, 0.25) is 0 Å². The van der Waals surface area contributed by atoms with Gasteiger partial charge in [-0.25, -0.2) is 8.42 Å². The van der Waals surface area contributed by atoms with E-state index < -0.39 is 43.9 Å². The number of primary amides is 1. The van der Waals surface area contributed by atoms with Crippen molar-refractivity contribution in [3.63, 3.8) is 0 Å². The van der Waals surface area contributed by atoms with E-state index in [2.05, 4.69) is 6.58 Å². The number of hydrogen-bond donors (Lipinski definition) is 1. The summed E-state index contributed by atoms with van der Waals surface area (Å²) in [5.41, 5.74) is 3.01. The van der Waals surface area contributed by atoms with Gasteiger partial charge in [0.25, 0.3) is 0 Å². The van der Waals surface area contributed by atoms with E-state index >= 15 is 0 Å². The molecule has 0 fully saturated rings. The number of alkyl halides is 3. The van der Waals surface area contributed by atoms with Gasteiger partial charge in [-0.1, -0.05) is 13.5 Å². The summed E-state index contributed by atoms with van der Waals surface area (Å²) >= 11 is 0. The average molecular weight is 295 g/mol. The number of hydrogen-bond acceptors (Lipinski definition) is 3. The highest BCUT2D eigenvalue weighted by molar-refractivity contribution is 7.94. The lowest BCUT2D eigenvalue weighted by Gasteiger charge is -2.27. The van der Waals surface area contributed by atoms with Crippen LogP contribution in [0.5, 0.6) is 0 Å². The Bertz CT molecular complexity index is 612. The molecule has 4 nitrogen and oxygen atoms in total. The summed E-state index contributed by atoms with van der Waals surface area (Å²) in [6, 6.07) is 0. The Morgan fingerprint density at radius 1 is 1.42 bits per heavy atom. The quantitative estimate of drug-likeness (QED) is 0.838. The largest absolute Gasteiger partial charge is 0.417 e. The number of sulfone groups is 1. The Balaban J connectivity index is 3.74. The third kappa shape index (κ3) is 2.89. The minimum Gasteiger partial charge on any atom is -0.366 e. The summed E-state index contributed by atoms with van der Waals surface area (Å²) in [4.78, 5) is 10.2. The van der Waals surface area contributed by atoms with Crippen LogP contribution in [0.1, 0.15) is 6.92 Å². The first-order chi connectivity index (χ1) is 8.37. The lowest BCUT2D eigenvalue weighted by atomic mass is 9.83. The SMILES string of the molecule is C=C1C(C(F)(F)F)=C(S(C)(=O)=O)C=C(C(N)=O)C1C. The fraction of sp³-hybridized carbons (Fsp3) is 0.364. The van der Waals surface area contributed by atoms with Crippen molar-refractivity contribution in [2.45, 2.75) is 13.1 Å². The van der Waals surface area contributed by atoms with Crippen molar-refractivity contribution in [1.82, 2.24) is 0 Å². The van der Waals surface area contributed by atoms with Gasteiger partial charge in [-0.05, 0) is 11.6 Å². The van der Waals surface area contributed by atoms with Crippen molar-refractivity contribution >= 4 is 15.7 Å². The summed E-state index contributed by atoms with van der Waals surface area (Å²) < 4.78 is 61.8. The van der Waals surface area contributed by atoms with E-state index in [1.54, 1.807) is 0 Å². The summed E-state index contributed by atoms with van der Waals surface area (Å²) in [5.74, 6) is -1.96. The molecule has 0 radical (unpaired) electrons. The molecule has 8 heteroatoms. The van der Waals surface area contributed by atoms with Crippen LogP contribution in [-0.2, 0) is 14.6 Å². The second-order valence-corrected chi connectivity index (χ2v) is 6.20. The molecule has 0 saturated heterocycles. The van der Waals surface area contributed by atoms with Crippen LogP contribution in [0.4, 0.5) is 13.2 Å². The summed E-state index contributed by atoms with van der Waals surface area (Å²) in [6.45, 7) is 4.56. The van der Waals surface area contributed by atoms with Crippen molar-refractivity contribution in [3.05, 3.63) is 34.3 Å². The van der Waals surface area contributed by atoms with Gasteiger partial charge in [0.15, 0.2) is 9.84 Å². The Labute approximate surface area is 108 Å². The van der Waals surface area contributed by atoms with E-state index in [1.165, 1.54) is 6.92 Å². The molecule has 1 amide bonds. The number of allylic oxidation sites excluding steroid dienone is 3. The van der Waals surface area contributed by atoms with Crippen LogP contribution in [-0.4, -0.2) is 26.8 Å². The Morgan fingerprint density at radius 3 is 2.21 bits per heavy atom. The number of nitrogens with two attached hydrogens (primary N) is 1. The number of carbonyl (C=O) groups excluding carboxylic acids is 1. The molecule has 0 bridgehead atoms. The maximum Gasteiger partial charge on any atom is 0.417 e. The normalized spacial score (nSPS) is 21.4. The zero-order chi connectivity index (χ0) is 15.2. The molecule has 0 spiro atoms. The van der Waals surface area contributed by atoms with Crippen LogP contribution in [0.3, 0.4) is 0 Å². The van der Waals surface area contributed by atoms with Gasteiger partial charge in [0, 0.05) is 17.7 Å². The molecule has 0 aromatic heterocycles. The van der Waals surface area contributed by atoms with Gasteiger partial charge >= 0.3 is 6.18 Å². The molecule has 1 aliphatic rings. The van der Waals surface area contributed by atoms with Crippen LogP contribution in [0.15, 0.2) is 34.3 Å². The monoisotopic (exact) mass is 295 g/mol. The molecule has 19 heavy (non-hydrogen) atoms. The lowest BCUT2D eigenvalue weighted by molar-refractivity contribution is -0.115. The van der Waals surface area contributed by atoms with Gasteiger partial charge in [-0.3, -0.25) is 4.79 Å². The predicted molar refractivity (Wildman–Crippen MR) is 63.5 cm³/mol. The molecule has 2 N–H and O–H groups in total. The zero-order valence-corrected chi connectivity index (χ0v) is 11.0. The molecule has 106 valence electrons. The van der Waals surface area contributed by atoms with Gasteiger partial charge in [-0.2, -0.15) is 13.2 Å². The Hall–Kier alpha value is -1.57. The van der Waals surface area contributed by atoms with E-state index in [9.17, 15) is 26.4 Å². The van der Waals surface area contributed by atoms with Gasteiger partial charge in [-0.15, -0.1) is 0 Å². The minimum atomic E-state index is -4.87. The zero-order valence-electron chi connectivity index (χ0n) is 10.2. The number of amides is 1. The third-order valence-electron chi connectivity index (χ3n) is 2.81. The molecule has 0 aromatic carbocycles. The first-order valence-electron chi connectivity index (χ1n) is 5.09. The Kier molecular flexibility index (Phi) is 3.68. The summed E-state index contributed by atoms with van der Waals surface area (Å²) in [7, 11) is -4.17. The van der Waals surface area contributed by atoms with Crippen molar-refractivity contribution < 1.29 is 26.4 Å². The molecule has 1 aliphatic carbocycles. The first-order valence-corrected chi connectivity index (χ1v) is 6.98. The van der Waals surface area contributed by atoms with Crippen molar-refractivity contribution in [3.8, 4) is 0 Å². The third-order valence-corrected chi connectivity index (χ3v) is 3.93. The molecule has 1 unspecified atom stereocenters. The number of carbonyl (C=O) groups is 1. The second-order valence-electron chi connectivity index (χ2n) is 4.22. The smallest absolute Gasteiger partial charge is 0.366 e. The van der Waals surface area contributed by atoms with Crippen LogP contribution in [0.25, 0.3) is 0 Å². The van der Waals surface area contributed by atoms with E-state index in [0.717, 1.165) is 0 Å². The van der Waals surface area contributed by atoms with Crippen molar-refractivity contribution in [1.29, 1.82) is 0 Å². The second kappa shape index (κ2) is 4.52. The van der Waals surface area contributed by atoms with Crippen LogP contribution in [0, 0.1) is 5.92 Å².